The van der Waals surface area contributed by atoms with Crippen molar-refractivity contribution in [2.75, 3.05) is 53.0 Å². The minimum absolute atomic E-state index is 0.168. The smallest absolute Gasteiger partial charge is 0.251 e. The quantitative estimate of drug-likeness (QED) is 0.787. The highest BCUT2D eigenvalue weighted by atomic mass is 16.5. The first-order valence-electron chi connectivity index (χ1n) is 8.66. The molecular formula is C18H26N2O4. The van der Waals surface area contributed by atoms with Crippen LogP contribution < -0.4 is 9.47 Å². The summed E-state index contributed by atoms with van der Waals surface area (Å²) in [4.78, 5) is 16.6. The largest absolute Gasteiger partial charge is 0.497 e. The molecule has 3 rings (SSSR count). The summed E-state index contributed by atoms with van der Waals surface area (Å²) in [5, 5.41) is 0. The Bertz CT molecular complexity index is 520. The Balaban J connectivity index is 1.35. The third-order valence-electron chi connectivity index (χ3n) is 4.62. The predicted octanol–water partition coefficient (Wildman–Crippen LogP) is 1.40. The molecule has 1 aromatic carbocycles. The first-order chi connectivity index (χ1) is 11.8. The third kappa shape index (κ3) is 4.39. The Morgan fingerprint density at radius 3 is 2.50 bits per heavy atom. The number of piperazine rings is 1. The lowest BCUT2D eigenvalue weighted by molar-refractivity contribution is -0.142. The molecule has 132 valence electrons. The van der Waals surface area contributed by atoms with Crippen molar-refractivity contribution in [1.82, 2.24) is 9.80 Å². The summed E-state index contributed by atoms with van der Waals surface area (Å²) in [6.07, 6.45) is 1.67. The van der Waals surface area contributed by atoms with E-state index >= 15 is 0 Å². The van der Waals surface area contributed by atoms with Crippen LogP contribution in [0.1, 0.15) is 12.8 Å². The summed E-state index contributed by atoms with van der Waals surface area (Å²) < 4.78 is 16.4. The number of rotatable bonds is 6. The van der Waals surface area contributed by atoms with Crippen molar-refractivity contribution in [1.29, 1.82) is 0 Å². The SMILES string of the molecule is COc1ccc(OCCN2CCN(C(=O)[C@@H]3CCCO3)CC2)cc1. The molecule has 0 radical (unpaired) electrons. The first-order valence-corrected chi connectivity index (χ1v) is 8.66. The van der Waals surface area contributed by atoms with Crippen molar-refractivity contribution in [2.24, 2.45) is 0 Å². The molecule has 1 aromatic rings. The van der Waals surface area contributed by atoms with Gasteiger partial charge in [-0.05, 0) is 37.1 Å². The van der Waals surface area contributed by atoms with Gasteiger partial charge in [0.25, 0.3) is 5.91 Å². The molecule has 0 aromatic heterocycles. The fraction of sp³-hybridized carbons (Fsp3) is 0.611. The molecule has 2 aliphatic rings. The summed E-state index contributed by atoms with van der Waals surface area (Å²) in [7, 11) is 1.65. The molecule has 0 saturated carbocycles. The van der Waals surface area contributed by atoms with E-state index in [2.05, 4.69) is 4.90 Å². The van der Waals surface area contributed by atoms with Crippen LogP contribution in [0.5, 0.6) is 11.5 Å². The van der Waals surface area contributed by atoms with Crippen LogP contribution in [0, 0.1) is 0 Å². The molecule has 1 amide bonds. The maximum atomic E-state index is 12.3. The summed E-state index contributed by atoms with van der Waals surface area (Å²) in [6, 6.07) is 7.61. The molecule has 0 bridgehead atoms. The lowest BCUT2D eigenvalue weighted by atomic mass is 10.2. The van der Waals surface area contributed by atoms with Crippen molar-refractivity contribution in [2.45, 2.75) is 18.9 Å². The van der Waals surface area contributed by atoms with Gasteiger partial charge in [0.2, 0.25) is 0 Å². The second-order valence-electron chi connectivity index (χ2n) is 6.19. The Morgan fingerprint density at radius 2 is 1.88 bits per heavy atom. The number of amides is 1. The van der Waals surface area contributed by atoms with Crippen LogP contribution in [0.15, 0.2) is 24.3 Å². The highest BCUT2D eigenvalue weighted by molar-refractivity contribution is 5.81. The van der Waals surface area contributed by atoms with Gasteiger partial charge in [-0.1, -0.05) is 0 Å². The van der Waals surface area contributed by atoms with Gasteiger partial charge in [-0.2, -0.15) is 0 Å². The highest BCUT2D eigenvalue weighted by Crippen LogP contribution is 2.18. The van der Waals surface area contributed by atoms with E-state index in [1.807, 2.05) is 29.2 Å². The molecule has 0 N–H and O–H groups in total. The molecule has 0 spiro atoms. The molecule has 2 aliphatic heterocycles. The lowest BCUT2D eigenvalue weighted by Gasteiger charge is -2.35. The fourth-order valence-corrected chi connectivity index (χ4v) is 3.13. The highest BCUT2D eigenvalue weighted by Gasteiger charge is 2.30. The van der Waals surface area contributed by atoms with Gasteiger partial charge in [-0.25, -0.2) is 0 Å². The van der Waals surface area contributed by atoms with E-state index in [0.29, 0.717) is 6.61 Å². The van der Waals surface area contributed by atoms with Crippen molar-refractivity contribution in [3.8, 4) is 11.5 Å². The topological polar surface area (TPSA) is 51.2 Å². The second-order valence-corrected chi connectivity index (χ2v) is 6.19. The van der Waals surface area contributed by atoms with E-state index in [1.165, 1.54) is 0 Å². The van der Waals surface area contributed by atoms with Gasteiger partial charge in [0, 0.05) is 39.3 Å². The number of carbonyl (C=O) groups is 1. The van der Waals surface area contributed by atoms with Gasteiger partial charge in [0.1, 0.15) is 24.2 Å². The van der Waals surface area contributed by atoms with Crippen LogP contribution >= 0.6 is 0 Å². The van der Waals surface area contributed by atoms with Crippen LogP contribution in [-0.2, 0) is 9.53 Å². The van der Waals surface area contributed by atoms with Crippen LogP contribution in [0.4, 0.5) is 0 Å². The second kappa shape index (κ2) is 8.35. The number of benzene rings is 1. The average Bonchev–Trinajstić information content (AvgIpc) is 3.17. The average molecular weight is 334 g/mol. The Labute approximate surface area is 143 Å². The molecule has 2 fully saturated rings. The van der Waals surface area contributed by atoms with Crippen LogP contribution in [-0.4, -0.2) is 74.9 Å². The van der Waals surface area contributed by atoms with Gasteiger partial charge in [-0.15, -0.1) is 0 Å². The van der Waals surface area contributed by atoms with Gasteiger partial charge in [0.05, 0.1) is 7.11 Å². The standard InChI is InChI=1S/C18H26N2O4/c1-22-15-4-6-16(7-5-15)23-14-12-19-8-10-20(11-9-19)18(21)17-3-2-13-24-17/h4-7,17H,2-3,8-14H2,1H3/t17-/m0/s1. The number of hydrogen-bond donors (Lipinski definition) is 0. The Morgan fingerprint density at radius 1 is 1.17 bits per heavy atom. The van der Waals surface area contributed by atoms with Gasteiger partial charge < -0.3 is 19.1 Å². The van der Waals surface area contributed by atoms with Crippen molar-refractivity contribution < 1.29 is 19.0 Å². The molecule has 2 heterocycles. The Hall–Kier alpha value is -1.79. The lowest BCUT2D eigenvalue weighted by Crippen LogP contribution is -2.52. The number of nitrogens with zero attached hydrogens (tertiary/aromatic N) is 2. The number of ether oxygens (including phenoxy) is 3. The summed E-state index contributed by atoms with van der Waals surface area (Å²) >= 11 is 0. The van der Waals surface area contributed by atoms with E-state index in [0.717, 1.165) is 63.7 Å². The van der Waals surface area contributed by atoms with Gasteiger partial charge in [-0.3, -0.25) is 9.69 Å². The maximum absolute atomic E-state index is 12.3. The molecule has 0 aliphatic carbocycles. The molecule has 24 heavy (non-hydrogen) atoms. The van der Waals surface area contributed by atoms with E-state index in [4.69, 9.17) is 14.2 Å². The minimum Gasteiger partial charge on any atom is -0.497 e. The monoisotopic (exact) mass is 334 g/mol. The van der Waals surface area contributed by atoms with Crippen LogP contribution in [0.3, 0.4) is 0 Å². The van der Waals surface area contributed by atoms with Crippen LogP contribution in [0.25, 0.3) is 0 Å². The maximum Gasteiger partial charge on any atom is 0.251 e. The molecule has 6 heteroatoms. The van der Waals surface area contributed by atoms with E-state index < -0.39 is 0 Å². The van der Waals surface area contributed by atoms with Crippen molar-refractivity contribution in [3.05, 3.63) is 24.3 Å². The van der Waals surface area contributed by atoms with Crippen LogP contribution in [0.2, 0.25) is 0 Å². The third-order valence-corrected chi connectivity index (χ3v) is 4.62. The summed E-state index contributed by atoms with van der Waals surface area (Å²) in [6.45, 7) is 5.58. The molecule has 2 saturated heterocycles. The summed E-state index contributed by atoms with van der Waals surface area (Å²) in [5.74, 6) is 1.85. The van der Waals surface area contributed by atoms with Gasteiger partial charge >= 0.3 is 0 Å². The first kappa shape index (κ1) is 17.0. The van der Waals surface area contributed by atoms with Gasteiger partial charge in [0.15, 0.2) is 0 Å². The minimum atomic E-state index is -0.199. The van der Waals surface area contributed by atoms with E-state index in [1.54, 1.807) is 7.11 Å². The zero-order valence-electron chi connectivity index (χ0n) is 14.3. The van der Waals surface area contributed by atoms with E-state index in [9.17, 15) is 4.79 Å². The van der Waals surface area contributed by atoms with E-state index in [-0.39, 0.29) is 12.0 Å². The Kier molecular flexibility index (Phi) is 5.93. The fourth-order valence-electron chi connectivity index (χ4n) is 3.13. The molecule has 0 unspecified atom stereocenters. The number of carbonyl (C=O) groups excluding carboxylic acids is 1. The number of methoxy groups -OCH3 is 1. The predicted molar refractivity (Wildman–Crippen MR) is 90.5 cm³/mol. The molecule has 1 atom stereocenters. The number of hydrogen-bond acceptors (Lipinski definition) is 5. The zero-order valence-corrected chi connectivity index (χ0v) is 14.3. The normalized spacial score (nSPS) is 21.7. The summed E-state index contributed by atoms with van der Waals surface area (Å²) in [5.41, 5.74) is 0. The van der Waals surface area contributed by atoms with Crippen molar-refractivity contribution >= 4 is 5.91 Å². The zero-order chi connectivity index (χ0) is 16.8. The molecular weight excluding hydrogens is 308 g/mol. The van der Waals surface area contributed by atoms with Crippen molar-refractivity contribution in [3.63, 3.8) is 0 Å². The molecule has 6 nitrogen and oxygen atoms in total.